The van der Waals surface area contributed by atoms with E-state index in [1.165, 1.54) is 92.9 Å². The minimum absolute atomic E-state index is 0.484. The summed E-state index contributed by atoms with van der Waals surface area (Å²) < 4.78 is 0. The summed E-state index contributed by atoms with van der Waals surface area (Å²) in [5.74, 6) is 0.579. The largest absolute Gasteiger partial charge is 0.310 e. The summed E-state index contributed by atoms with van der Waals surface area (Å²) in [6.07, 6.45) is 6.49. The molecule has 0 aliphatic heterocycles. The van der Waals surface area contributed by atoms with E-state index in [9.17, 15) is 0 Å². The first-order valence-corrected chi connectivity index (χ1v) is 19.6. The van der Waals surface area contributed by atoms with Crippen LogP contribution in [0.2, 0.25) is 0 Å². The highest BCUT2D eigenvalue weighted by Crippen LogP contribution is 2.59. The lowest BCUT2D eigenvalue weighted by atomic mass is 9.67. The zero-order chi connectivity index (χ0) is 35.9. The topological polar surface area (TPSA) is 3.24 Å². The molecule has 2 aliphatic carbocycles. The lowest BCUT2D eigenvalue weighted by Gasteiger charge is -2.35. The van der Waals surface area contributed by atoms with Crippen LogP contribution >= 0.6 is 0 Å². The average Bonchev–Trinajstić information content (AvgIpc) is 3.56. The lowest BCUT2D eigenvalue weighted by molar-refractivity contribution is 0.444. The van der Waals surface area contributed by atoms with Gasteiger partial charge in [0.25, 0.3) is 0 Å². The first-order valence-electron chi connectivity index (χ1n) is 19.6. The molecule has 0 atom stereocenters. The van der Waals surface area contributed by atoms with Crippen molar-refractivity contribution in [3.63, 3.8) is 0 Å². The standard InChI is InChI=1S/C53H43N/c1-6-19-38(20-7-1)46-31-18-32-48-52(46)47-35-34-44(37-49(47)53(48,41-24-10-3-11-25-41)42-26-12-4-13-27-42)54(43-28-14-5-15-29-43)50-36-33-39-21-16-17-30-45(39)51(50)40-22-8-2-9-23-40/h2-5,8-18,21-38H,1,6-7,19-20H2. The molecule has 260 valence electrons. The van der Waals surface area contributed by atoms with E-state index >= 15 is 0 Å². The highest BCUT2D eigenvalue weighted by atomic mass is 15.1. The second kappa shape index (κ2) is 13.7. The SMILES string of the molecule is c1ccc(-c2c(N(c3ccccc3)c3ccc4c(c3)C(c3ccccc3)(c3ccccc3)c3cccc(C5CCCCC5)c3-4)ccc3ccccc23)cc1. The Hall–Kier alpha value is -6.18. The second-order valence-corrected chi connectivity index (χ2v) is 15.0. The van der Waals surface area contributed by atoms with Gasteiger partial charge >= 0.3 is 0 Å². The molecule has 0 heterocycles. The summed E-state index contributed by atoms with van der Waals surface area (Å²) in [6.45, 7) is 0. The summed E-state index contributed by atoms with van der Waals surface area (Å²) in [4.78, 5) is 2.49. The molecule has 0 spiro atoms. The number of hydrogen-bond donors (Lipinski definition) is 0. The molecule has 1 fully saturated rings. The Bertz CT molecular complexity index is 2530. The fourth-order valence-electron chi connectivity index (χ4n) is 9.81. The van der Waals surface area contributed by atoms with Gasteiger partial charge in [-0.15, -0.1) is 0 Å². The van der Waals surface area contributed by atoms with Crippen molar-refractivity contribution in [3.05, 3.63) is 222 Å². The molecular formula is C53H43N. The lowest BCUT2D eigenvalue weighted by Crippen LogP contribution is -2.29. The minimum atomic E-state index is -0.484. The minimum Gasteiger partial charge on any atom is -0.310 e. The maximum absolute atomic E-state index is 2.52. The van der Waals surface area contributed by atoms with E-state index in [1.54, 1.807) is 0 Å². The number of benzene rings is 8. The van der Waals surface area contributed by atoms with Crippen LogP contribution in [0.25, 0.3) is 33.0 Å². The van der Waals surface area contributed by atoms with Crippen molar-refractivity contribution in [1.82, 2.24) is 0 Å². The molecule has 0 N–H and O–H groups in total. The van der Waals surface area contributed by atoms with E-state index in [0.29, 0.717) is 5.92 Å². The van der Waals surface area contributed by atoms with Crippen LogP contribution in [0.3, 0.4) is 0 Å². The average molecular weight is 694 g/mol. The first-order chi connectivity index (χ1) is 26.8. The predicted octanol–water partition coefficient (Wildman–Crippen LogP) is 14.4. The maximum atomic E-state index is 2.52. The molecule has 0 unspecified atom stereocenters. The van der Waals surface area contributed by atoms with E-state index in [-0.39, 0.29) is 0 Å². The molecular weight excluding hydrogens is 651 g/mol. The quantitative estimate of drug-likeness (QED) is 0.161. The van der Waals surface area contributed by atoms with Crippen molar-refractivity contribution in [1.29, 1.82) is 0 Å². The summed E-state index contributed by atoms with van der Waals surface area (Å²) in [5.41, 5.74) is 15.1. The molecule has 1 nitrogen and oxygen atoms in total. The van der Waals surface area contributed by atoms with Gasteiger partial charge < -0.3 is 4.90 Å². The van der Waals surface area contributed by atoms with Gasteiger partial charge in [0, 0.05) is 16.9 Å². The molecule has 0 radical (unpaired) electrons. The van der Waals surface area contributed by atoms with Gasteiger partial charge in [0.05, 0.1) is 11.1 Å². The zero-order valence-corrected chi connectivity index (χ0v) is 30.5. The Balaban J connectivity index is 1.29. The molecule has 0 saturated heterocycles. The van der Waals surface area contributed by atoms with Crippen molar-refractivity contribution in [2.75, 3.05) is 4.90 Å². The fourth-order valence-corrected chi connectivity index (χ4v) is 9.81. The molecule has 8 aromatic carbocycles. The smallest absolute Gasteiger partial charge is 0.0714 e. The highest BCUT2D eigenvalue weighted by molar-refractivity contribution is 6.05. The van der Waals surface area contributed by atoms with E-state index < -0.39 is 5.41 Å². The van der Waals surface area contributed by atoms with Crippen molar-refractivity contribution in [2.45, 2.75) is 43.4 Å². The molecule has 0 amide bonds. The van der Waals surface area contributed by atoms with Crippen molar-refractivity contribution in [3.8, 4) is 22.3 Å². The summed E-state index contributed by atoms with van der Waals surface area (Å²) in [6, 6.07) is 72.3. The predicted molar refractivity (Wildman–Crippen MR) is 227 cm³/mol. The third-order valence-corrected chi connectivity index (χ3v) is 12.1. The van der Waals surface area contributed by atoms with Crippen LogP contribution < -0.4 is 4.90 Å². The maximum Gasteiger partial charge on any atom is 0.0714 e. The summed E-state index contributed by atoms with van der Waals surface area (Å²) in [7, 11) is 0. The van der Waals surface area contributed by atoms with Crippen LogP contribution in [-0.4, -0.2) is 0 Å². The Morgan fingerprint density at radius 3 is 1.78 bits per heavy atom. The summed E-state index contributed by atoms with van der Waals surface area (Å²) in [5, 5.41) is 2.48. The Kier molecular flexibility index (Phi) is 8.22. The van der Waals surface area contributed by atoms with Crippen LogP contribution in [0, 0.1) is 0 Å². The molecule has 1 saturated carbocycles. The highest BCUT2D eigenvalue weighted by Gasteiger charge is 2.47. The normalized spacial score (nSPS) is 14.7. The van der Waals surface area contributed by atoms with E-state index in [0.717, 1.165) is 17.1 Å². The van der Waals surface area contributed by atoms with Gasteiger partial charge in [0.15, 0.2) is 0 Å². The number of rotatable bonds is 7. The Labute approximate surface area is 319 Å². The van der Waals surface area contributed by atoms with Crippen molar-refractivity contribution >= 4 is 27.8 Å². The van der Waals surface area contributed by atoms with Crippen LogP contribution in [-0.2, 0) is 5.41 Å². The number of para-hydroxylation sites is 1. The van der Waals surface area contributed by atoms with Gasteiger partial charge in [-0.05, 0) is 104 Å². The fraction of sp³-hybridized carbons (Fsp3) is 0.132. The molecule has 54 heavy (non-hydrogen) atoms. The number of anilines is 3. The molecule has 0 bridgehead atoms. The zero-order valence-electron chi connectivity index (χ0n) is 30.5. The number of nitrogens with zero attached hydrogens (tertiary/aromatic N) is 1. The van der Waals surface area contributed by atoms with Gasteiger partial charge in [0.2, 0.25) is 0 Å². The van der Waals surface area contributed by atoms with Gasteiger partial charge in [-0.2, -0.15) is 0 Å². The molecule has 0 aromatic heterocycles. The molecule has 2 aliphatic rings. The first kappa shape index (κ1) is 32.5. The number of hydrogen-bond acceptors (Lipinski definition) is 1. The van der Waals surface area contributed by atoms with E-state index in [4.69, 9.17) is 0 Å². The third-order valence-electron chi connectivity index (χ3n) is 12.1. The van der Waals surface area contributed by atoms with Gasteiger partial charge in [-0.25, -0.2) is 0 Å². The van der Waals surface area contributed by atoms with Crippen molar-refractivity contribution < 1.29 is 0 Å². The Morgan fingerprint density at radius 2 is 1.07 bits per heavy atom. The molecule has 8 aromatic rings. The van der Waals surface area contributed by atoms with Gasteiger partial charge in [-0.1, -0.05) is 183 Å². The molecule has 10 rings (SSSR count). The van der Waals surface area contributed by atoms with E-state index in [1.807, 2.05) is 0 Å². The van der Waals surface area contributed by atoms with Crippen LogP contribution in [0.5, 0.6) is 0 Å². The van der Waals surface area contributed by atoms with Crippen LogP contribution in [0.15, 0.2) is 194 Å². The monoisotopic (exact) mass is 693 g/mol. The van der Waals surface area contributed by atoms with Gasteiger partial charge in [-0.3, -0.25) is 0 Å². The third kappa shape index (κ3) is 5.22. The van der Waals surface area contributed by atoms with Crippen molar-refractivity contribution in [2.24, 2.45) is 0 Å². The second-order valence-electron chi connectivity index (χ2n) is 15.0. The Morgan fingerprint density at radius 1 is 0.444 bits per heavy atom. The summed E-state index contributed by atoms with van der Waals surface area (Å²) >= 11 is 0. The number of fused-ring (bicyclic) bond motifs is 4. The molecule has 1 heteroatoms. The van der Waals surface area contributed by atoms with Crippen LogP contribution in [0.4, 0.5) is 17.1 Å². The van der Waals surface area contributed by atoms with E-state index in [2.05, 4.69) is 199 Å². The van der Waals surface area contributed by atoms with Crippen LogP contribution in [0.1, 0.15) is 65.8 Å². The van der Waals surface area contributed by atoms with Gasteiger partial charge in [0.1, 0.15) is 0 Å².